The zero-order valence-electron chi connectivity index (χ0n) is 16.8. The predicted molar refractivity (Wildman–Crippen MR) is 114 cm³/mol. The van der Waals surface area contributed by atoms with E-state index in [0.717, 1.165) is 23.5 Å². The smallest absolute Gasteiger partial charge is 0.275 e. The minimum atomic E-state index is -0.265. The molecule has 0 saturated carbocycles. The third kappa shape index (κ3) is 4.36. The maximum Gasteiger partial charge on any atom is 0.275 e. The van der Waals surface area contributed by atoms with Crippen molar-refractivity contribution in [3.8, 4) is 0 Å². The summed E-state index contributed by atoms with van der Waals surface area (Å²) in [6, 6.07) is 17.8. The largest absolute Gasteiger partial charge is 0.325 e. The number of nitrogens with zero attached hydrogens (tertiary/aromatic N) is 3. The van der Waals surface area contributed by atoms with Crippen molar-refractivity contribution >= 4 is 23.1 Å². The van der Waals surface area contributed by atoms with E-state index in [2.05, 4.69) is 43.0 Å². The molecular weight excluding hydrogens is 348 g/mol. The fourth-order valence-electron chi connectivity index (χ4n) is 3.10. The molecule has 2 aromatic carbocycles. The van der Waals surface area contributed by atoms with E-state index >= 15 is 0 Å². The van der Waals surface area contributed by atoms with Gasteiger partial charge in [0.25, 0.3) is 5.91 Å². The highest BCUT2D eigenvalue weighted by atomic mass is 16.1. The van der Waals surface area contributed by atoms with E-state index in [1.165, 1.54) is 6.20 Å². The topological polar surface area (TPSA) is 58.1 Å². The van der Waals surface area contributed by atoms with E-state index in [4.69, 9.17) is 0 Å². The lowest BCUT2D eigenvalue weighted by molar-refractivity contribution is 0.102. The Balaban J connectivity index is 1.80. The Hall–Kier alpha value is -3.21. The van der Waals surface area contributed by atoms with Crippen molar-refractivity contribution in [2.24, 2.45) is 0 Å². The van der Waals surface area contributed by atoms with Crippen molar-refractivity contribution in [2.45, 2.75) is 33.1 Å². The maximum absolute atomic E-state index is 12.7. The highest BCUT2D eigenvalue weighted by Crippen LogP contribution is 2.29. The maximum atomic E-state index is 12.7. The summed E-state index contributed by atoms with van der Waals surface area (Å²) < 4.78 is 0. The summed E-state index contributed by atoms with van der Waals surface area (Å²) >= 11 is 0. The van der Waals surface area contributed by atoms with Crippen LogP contribution in [0.3, 0.4) is 0 Å². The quantitative estimate of drug-likeness (QED) is 0.668. The van der Waals surface area contributed by atoms with Crippen molar-refractivity contribution in [1.29, 1.82) is 0 Å². The molecule has 0 bridgehead atoms. The summed E-state index contributed by atoms with van der Waals surface area (Å²) in [5.41, 5.74) is 3.13. The number of benzene rings is 2. The van der Waals surface area contributed by atoms with Crippen LogP contribution in [0, 0.1) is 0 Å². The van der Waals surface area contributed by atoms with Gasteiger partial charge in [0.15, 0.2) is 5.82 Å². The van der Waals surface area contributed by atoms with E-state index < -0.39 is 0 Å². The van der Waals surface area contributed by atoms with Crippen LogP contribution < -0.4 is 10.2 Å². The Labute approximate surface area is 166 Å². The van der Waals surface area contributed by atoms with Crippen molar-refractivity contribution in [1.82, 2.24) is 9.97 Å². The lowest BCUT2D eigenvalue weighted by atomic mass is 9.86. The van der Waals surface area contributed by atoms with E-state index in [0.29, 0.717) is 5.82 Å². The SMILES string of the molecule is CCN(c1ccccc1)c1cnc(C(=O)Nc2ccccc2C(C)(C)C)cn1. The molecule has 0 fully saturated rings. The van der Waals surface area contributed by atoms with Crippen LogP contribution in [-0.4, -0.2) is 22.4 Å². The number of nitrogens with one attached hydrogen (secondary N) is 1. The number of carbonyl (C=O) groups excluding carboxylic acids is 1. The van der Waals surface area contributed by atoms with Gasteiger partial charge in [-0.2, -0.15) is 0 Å². The predicted octanol–water partition coefficient (Wildman–Crippen LogP) is 5.18. The summed E-state index contributed by atoms with van der Waals surface area (Å²) in [6.07, 6.45) is 3.16. The molecule has 144 valence electrons. The lowest BCUT2D eigenvalue weighted by Gasteiger charge is -2.23. The lowest BCUT2D eigenvalue weighted by Crippen LogP contribution is -2.21. The summed E-state index contributed by atoms with van der Waals surface area (Å²) in [4.78, 5) is 23.5. The second kappa shape index (κ2) is 8.21. The molecule has 0 atom stereocenters. The first-order chi connectivity index (χ1) is 13.4. The minimum Gasteiger partial charge on any atom is -0.325 e. The molecule has 28 heavy (non-hydrogen) atoms. The molecule has 0 aliphatic rings. The van der Waals surface area contributed by atoms with Gasteiger partial charge >= 0.3 is 0 Å². The monoisotopic (exact) mass is 374 g/mol. The molecule has 0 spiro atoms. The van der Waals surface area contributed by atoms with Gasteiger partial charge in [0.2, 0.25) is 0 Å². The van der Waals surface area contributed by atoms with Gasteiger partial charge in [0.1, 0.15) is 5.69 Å². The second-order valence-corrected chi connectivity index (χ2v) is 7.59. The molecule has 0 unspecified atom stereocenters. The molecule has 1 amide bonds. The zero-order chi connectivity index (χ0) is 20.1. The highest BCUT2D eigenvalue weighted by Gasteiger charge is 2.19. The summed E-state index contributed by atoms with van der Waals surface area (Å²) in [5, 5.41) is 2.97. The Morgan fingerprint density at radius 1 is 0.964 bits per heavy atom. The average molecular weight is 374 g/mol. The van der Waals surface area contributed by atoms with Gasteiger partial charge in [0, 0.05) is 17.9 Å². The van der Waals surface area contributed by atoms with Gasteiger partial charge in [0.05, 0.1) is 12.4 Å². The molecule has 3 aromatic rings. The summed E-state index contributed by atoms with van der Waals surface area (Å²) in [5.74, 6) is 0.443. The van der Waals surface area contributed by atoms with Crippen molar-refractivity contribution in [3.05, 3.63) is 78.2 Å². The van der Waals surface area contributed by atoms with E-state index in [1.54, 1.807) is 6.20 Å². The molecule has 5 nitrogen and oxygen atoms in total. The molecule has 0 aliphatic heterocycles. The van der Waals surface area contributed by atoms with Crippen LogP contribution in [0.25, 0.3) is 0 Å². The minimum absolute atomic E-state index is 0.0727. The first kappa shape index (κ1) is 19.5. The van der Waals surface area contributed by atoms with Gasteiger partial charge in [-0.05, 0) is 36.1 Å². The Morgan fingerprint density at radius 2 is 1.64 bits per heavy atom. The van der Waals surface area contributed by atoms with E-state index in [-0.39, 0.29) is 17.0 Å². The number of hydrogen-bond donors (Lipinski definition) is 1. The van der Waals surface area contributed by atoms with Gasteiger partial charge < -0.3 is 10.2 Å². The molecule has 1 aromatic heterocycles. The zero-order valence-corrected chi connectivity index (χ0v) is 16.8. The normalized spacial score (nSPS) is 11.1. The number of hydrogen-bond acceptors (Lipinski definition) is 4. The summed E-state index contributed by atoms with van der Waals surface area (Å²) in [6.45, 7) is 9.17. The van der Waals surface area contributed by atoms with Gasteiger partial charge in [-0.15, -0.1) is 0 Å². The molecule has 0 saturated heterocycles. The number of anilines is 3. The molecule has 1 heterocycles. The van der Waals surface area contributed by atoms with Crippen molar-refractivity contribution < 1.29 is 4.79 Å². The van der Waals surface area contributed by atoms with Crippen molar-refractivity contribution in [3.63, 3.8) is 0 Å². The van der Waals surface area contributed by atoms with Gasteiger partial charge in [-0.3, -0.25) is 4.79 Å². The first-order valence-corrected chi connectivity index (χ1v) is 9.45. The fraction of sp³-hybridized carbons (Fsp3) is 0.261. The molecular formula is C23H26N4O. The first-order valence-electron chi connectivity index (χ1n) is 9.45. The van der Waals surface area contributed by atoms with Crippen LogP contribution in [0.4, 0.5) is 17.2 Å². The van der Waals surface area contributed by atoms with Crippen LogP contribution in [-0.2, 0) is 5.41 Å². The van der Waals surface area contributed by atoms with Crippen LogP contribution >= 0.6 is 0 Å². The van der Waals surface area contributed by atoms with E-state index in [1.807, 2.05) is 59.5 Å². The third-order valence-corrected chi connectivity index (χ3v) is 4.51. The highest BCUT2D eigenvalue weighted by molar-refractivity contribution is 6.03. The number of amides is 1. The fourth-order valence-corrected chi connectivity index (χ4v) is 3.10. The number of para-hydroxylation sites is 2. The standard InChI is InChI=1S/C23H26N4O/c1-5-27(17-11-7-6-8-12-17)21-16-24-20(15-25-21)22(28)26-19-14-10-9-13-18(19)23(2,3)4/h6-16H,5H2,1-4H3,(H,26,28). The molecule has 0 aliphatic carbocycles. The molecule has 1 N–H and O–H groups in total. The molecule has 0 radical (unpaired) electrons. The average Bonchev–Trinajstić information content (AvgIpc) is 2.69. The Bertz CT molecular complexity index is 931. The number of rotatable bonds is 5. The Morgan fingerprint density at radius 3 is 2.25 bits per heavy atom. The van der Waals surface area contributed by atoms with Crippen LogP contribution in [0.15, 0.2) is 67.0 Å². The van der Waals surface area contributed by atoms with Crippen LogP contribution in [0.5, 0.6) is 0 Å². The van der Waals surface area contributed by atoms with Crippen molar-refractivity contribution in [2.75, 3.05) is 16.8 Å². The number of aromatic nitrogens is 2. The Kier molecular flexibility index (Phi) is 5.73. The van der Waals surface area contributed by atoms with Gasteiger partial charge in [-0.1, -0.05) is 57.2 Å². The number of carbonyl (C=O) groups is 1. The second-order valence-electron chi connectivity index (χ2n) is 7.59. The van der Waals surface area contributed by atoms with Crippen LogP contribution in [0.1, 0.15) is 43.7 Å². The van der Waals surface area contributed by atoms with E-state index in [9.17, 15) is 4.79 Å². The summed E-state index contributed by atoms with van der Waals surface area (Å²) in [7, 11) is 0. The van der Waals surface area contributed by atoms with Gasteiger partial charge in [-0.25, -0.2) is 9.97 Å². The molecule has 3 rings (SSSR count). The van der Waals surface area contributed by atoms with Crippen LogP contribution in [0.2, 0.25) is 0 Å². The third-order valence-electron chi connectivity index (χ3n) is 4.51. The molecule has 5 heteroatoms.